The van der Waals surface area contributed by atoms with Gasteiger partial charge in [0.2, 0.25) is 0 Å². The SMILES string of the molecule is CC1OCCC1C(N)c1cc(F)ccc1Cl. The monoisotopic (exact) mass is 243 g/mol. The Kier molecular flexibility index (Phi) is 3.47. The van der Waals surface area contributed by atoms with E-state index in [1.165, 1.54) is 12.1 Å². The molecule has 16 heavy (non-hydrogen) atoms. The van der Waals surface area contributed by atoms with Crippen LogP contribution >= 0.6 is 11.6 Å². The van der Waals surface area contributed by atoms with Crippen molar-refractivity contribution in [2.24, 2.45) is 11.7 Å². The second kappa shape index (κ2) is 4.70. The number of benzene rings is 1. The molecule has 3 unspecified atom stereocenters. The Labute approximate surface area is 99.5 Å². The highest BCUT2D eigenvalue weighted by atomic mass is 35.5. The quantitative estimate of drug-likeness (QED) is 0.867. The summed E-state index contributed by atoms with van der Waals surface area (Å²) in [6, 6.07) is 4.04. The predicted octanol–water partition coefficient (Wildman–Crippen LogP) is 2.90. The van der Waals surface area contributed by atoms with Gasteiger partial charge >= 0.3 is 0 Å². The molecule has 0 spiro atoms. The Bertz CT molecular complexity index is 385. The van der Waals surface area contributed by atoms with Crippen LogP contribution in [-0.2, 0) is 4.74 Å². The lowest BCUT2D eigenvalue weighted by Crippen LogP contribution is -2.26. The molecule has 0 radical (unpaired) electrons. The van der Waals surface area contributed by atoms with Crippen LogP contribution < -0.4 is 5.73 Å². The van der Waals surface area contributed by atoms with Crippen molar-refractivity contribution >= 4 is 11.6 Å². The molecule has 2 rings (SSSR count). The fourth-order valence-electron chi connectivity index (χ4n) is 2.22. The minimum absolute atomic E-state index is 0.106. The van der Waals surface area contributed by atoms with Gasteiger partial charge in [-0.1, -0.05) is 11.6 Å². The smallest absolute Gasteiger partial charge is 0.123 e. The molecule has 1 saturated heterocycles. The van der Waals surface area contributed by atoms with Gasteiger partial charge in [0.15, 0.2) is 0 Å². The summed E-state index contributed by atoms with van der Waals surface area (Å²) in [7, 11) is 0. The van der Waals surface area contributed by atoms with Crippen molar-refractivity contribution in [2.45, 2.75) is 25.5 Å². The molecule has 0 amide bonds. The van der Waals surface area contributed by atoms with Gasteiger partial charge in [-0.2, -0.15) is 0 Å². The fraction of sp³-hybridized carbons (Fsp3) is 0.500. The van der Waals surface area contributed by atoms with Gasteiger partial charge in [-0.25, -0.2) is 4.39 Å². The third-order valence-corrected chi connectivity index (χ3v) is 3.56. The molecule has 1 aliphatic rings. The second-order valence-electron chi connectivity index (χ2n) is 4.22. The van der Waals surface area contributed by atoms with Crippen LogP contribution in [-0.4, -0.2) is 12.7 Å². The minimum atomic E-state index is -0.304. The number of hydrogen-bond donors (Lipinski definition) is 1. The van der Waals surface area contributed by atoms with Crippen LogP contribution in [0.2, 0.25) is 5.02 Å². The van der Waals surface area contributed by atoms with Gasteiger partial charge in [-0.05, 0) is 37.1 Å². The summed E-state index contributed by atoms with van der Waals surface area (Å²) in [5, 5.41) is 0.521. The minimum Gasteiger partial charge on any atom is -0.378 e. The summed E-state index contributed by atoms with van der Waals surface area (Å²) < 4.78 is 18.6. The largest absolute Gasteiger partial charge is 0.378 e. The van der Waals surface area contributed by atoms with E-state index in [1.54, 1.807) is 6.07 Å². The van der Waals surface area contributed by atoms with E-state index >= 15 is 0 Å². The Morgan fingerprint density at radius 1 is 1.56 bits per heavy atom. The number of nitrogens with two attached hydrogens (primary N) is 1. The first-order valence-electron chi connectivity index (χ1n) is 5.41. The molecule has 88 valence electrons. The van der Waals surface area contributed by atoms with Crippen LogP contribution in [0.25, 0.3) is 0 Å². The van der Waals surface area contributed by atoms with Gasteiger partial charge in [-0.3, -0.25) is 0 Å². The standard InChI is InChI=1S/C12H15ClFNO/c1-7-9(4-5-16-7)12(15)10-6-8(14)2-3-11(10)13/h2-3,6-7,9,12H,4-5,15H2,1H3. The van der Waals surface area contributed by atoms with Crippen molar-refractivity contribution in [3.63, 3.8) is 0 Å². The van der Waals surface area contributed by atoms with Crippen molar-refractivity contribution in [3.8, 4) is 0 Å². The topological polar surface area (TPSA) is 35.2 Å². The van der Waals surface area contributed by atoms with Crippen LogP contribution in [0.3, 0.4) is 0 Å². The molecule has 1 fully saturated rings. The maximum Gasteiger partial charge on any atom is 0.123 e. The van der Waals surface area contributed by atoms with Gasteiger partial charge in [0.25, 0.3) is 0 Å². The van der Waals surface area contributed by atoms with Crippen LogP contribution in [0.15, 0.2) is 18.2 Å². The summed E-state index contributed by atoms with van der Waals surface area (Å²) in [5.74, 6) is -0.0966. The molecule has 4 heteroatoms. The molecule has 0 aromatic heterocycles. The predicted molar refractivity (Wildman–Crippen MR) is 61.9 cm³/mol. The first-order chi connectivity index (χ1) is 7.59. The Morgan fingerprint density at radius 2 is 2.31 bits per heavy atom. The van der Waals surface area contributed by atoms with Crippen molar-refractivity contribution < 1.29 is 9.13 Å². The Hall–Kier alpha value is -0.640. The molecule has 1 heterocycles. The summed E-state index contributed by atoms with van der Waals surface area (Å²) in [6.07, 6.45) is 1.00. The van der Waals surface area contributed by atoms with Crippen LogP contribution in [0, 0.1) is 11.7 Å². The van der Waals surface area contributed by atoms with E-state index in [-0.39, 0.29) is 23.9 Å². The number of hydrogen-bond acceptors (Lipinski definition) is 2. The molecular formula is C12H15ClFNO. The van der Waals surface area contributed by atoms with Gasteiger partial charge in [0, 0.05) is 23.6 Å². The van der Waals surface area contributed by atoms with Crippen molar-refractivity contribution in [1.29, 1.82) is 0 Å². The van der Waals surface area contributed by atoms with Crippen molar-refractivity contribution in [3.05, 3.63) is 34.6 Å². The van der Waals surface area contributed by atoms with E-state index in [4.69, 9.17) is 22.1 Å². The fourth-order valence-corrected chi connectivity index (χ4v) is 2.46. The van der Waals surface area contributed by atoms with Gasteiger partial charge in [0.1, 0.15) is 5.82 Å². The molecule has 3 atom stereocenters. The molecule has 0 aliphatic carbocycles. The van der Waals surface area contributed by atoms with E-state index < -0.39 is 0 Å². The lowest BCUT2D eigenvalue weighted by atomic mass is 9.89. The van der Waals surface area contributed by atoms with E-state index in [2.05, 4.69) is 0 Å². The van der Waals surface area contributed by atoms with E-state index in [0.717, 1.165) is 6.42 Å². The molecule has 2 N–H and O–H groups in total. The Morgan fingerprint density at radius 3 is 2.94 bits per heavy atom. The average molecular weight is 244 g/mol. The number of ether oxygens (including phenoxy) is 1. The summed E-state index contributed by atoms with van der Waals surface area (Å²) in [5.41, 5.74) is 6.80. The zero-order chi connectivity index (χ0) is 11.7. The lowest BCUT2D eigenvalue weighted by Gasteiger charge is -2.23. The van der Waals surface area contributed by atoms with Crippen LogP contribution in [0.4, 0.5) is 4.39 Å². The summed E-state index contributed by atoms with van der Waals surface area (Å²) in [4.78, 5) is 0. The molecule has 0 saturated carbocycles. The zero-order valence-corrected chi connectivity index (χ0v) is 9.88. The van der Waals surface area contributed by atoms with Crippen LogP contribution in [0.1, 0.15) is 24.9 Å². The molecule has 1 aliphatic heterocycles. The Balaban J connectivity index is 2.25. The van der Waals surface area contributed by atoms with Gasteiger partial charge < -0.3 is 10.5 Å². The molecule has 0 bridgehead atoms. The highest BCUT2D eigenvalue weighted by molar-refractivity contribution is 6.31. The van der Waals surface area contributed by atoms with Crippen LogP contribution in [0.5, 0.6) is 0 Å². The van der Waals surface area contributed by atoms with Crippen molar-refractivity contribution in [2.75, 3.05) is 6.61 Å². The maximum atomic E-state index is 13.1. The second-order valence-corrected chi connectivity index (χ2v) is 4.63. The third kappa shape index (κ3) is 2.21. The highest BCUT2D eigenvalue weighted by Crippen LogP contribution is 2.34. The first kappa shape index (κ1) is 11.8. The molecular weight excluding hydrogens is 229 g/mol. The average Bonchev–Trinajstić information content (AvgIpc) is 2.67. The number of halogens is 2. The normalized spacial score (nSPS) is 27.0. The van der Waals surface area contributed by atoms with E-state index in [0.29, 0.717) is 17.2 Å². The van der Waals surface area contributed by atoms with E-state index in [1.807, 2.05) is 6.92 Å². The molecule has 1 aromatic carbocycles. The third-order valence-electron chi connectivity index (χ3n) is 3.21. The van der Waals surface area contributed by atoms with Gasteiger partial charge in [-0.15, -0.1) is 0 Å². The molecule has 2 nitrogen and oxygen atoms in total. The zero-order valence-electron chi connectivity index (χ0n) is 9.12. The summed E-state index contributed by atoms with van der Waals surface area (Å²) >= 11 is 6.03. The van der Waals surface area contributed by atoms with E-state index in [9.17, 15) is 4.39 Å². The summed E-state index contributed by atoms with van der Waals surface area (Å²) in [6.45, 7) is 2.71. The van der Waals surface area contributed by atoms with Gasteiger partial charge in [0.05, 0.1) is 6.10 Å². The maximum absolute atomic E-state index is 13.1. The lowest BCUT2D eigenvalue weighted by molar-refractivity contribution is 0.0995. The first-order valence-corrected chi connectivity index (χ1v) is 5.79. The molecule has 1 aromatic rings. The number of rotatable bonds is 2. The van der Waals surface area contributed by atoms with Crippen molar-refractivity contribution in [1.82, 2.24) is 0 Å². The highest BCUT2D eigenvalue weighted by Gasteiger charge is 2.31.